The SMILES string of the molecule is CCN(CC)C(=O)c1cnc(C2CCCCN2C(=O)c2oc3ccc(C)cc3c2C)nc1C. The number of piperidine rings is 1. The standard InChI is InChI=1S/C26H32N4O3/c1-6-29(7-2)25(31)20-15-27-24(28-18(20)5)21-10-8-9-13-30(21)26(32)23-17(4)19-14-16(3)11-12-22(19)33-23/h11-12,14-15,21H,6-10,13H2,1-5H3. The lowest BCUT2D eigenvalue weighted by atomic mass is 10.00. The van der Waals surface area contributed by atoms with Crippen molar-refractivity contribution in [2.24, 2.45) is 0 Å². The predicted molar refractivity (Wildman–Crippen MR) is 127 cm³/mol. The molecule has 1 unspecified atom stereocenters. The Balaban J connectivity index is 1.65. The molecule has 0 saturated carbocycles. The summed E-state index contributed by atoms with van der Waals surface area (Å²) < 4.78 is 6.00. The van der Waals surface area contributed by atoms with Gasteiger partial charge in [-0.15, -0.1) is 0 Å². The maximum atomic E-state index is 13.6. The molecule has 7 nitrogen and oxygen atoms in total. The van der Waals surface area contributed by atoms with E-state index in [4.69, 9.17) is 4.42 Å². The van der Waals surface area contributed by atoms with Gasteiger partial charge in [-0.3, -0.25) is 9.59 Å². The third-order valence-corrected chi connectivity index (χ3v) is 6.63. The number of fused-ring (bicyclic) bond motifs is 1. The molecule has 1 saturated heterocycles. The average Bonchev–Trinajstić information content (AvgIpc) is 3.15. The number of hydrogen-bond donors (Lipinski definition) is 0. The summed E-state index contributed by atoms with van der Waals surface area (Å²) in [5, 5.41) is 0.971. The molecule has 4 rings (SSSR count). The molecule has 1 fully saturated rings. The quantitative estimate of drug-likeness (QED) is 0.549. The van der Waals surface area contributed by atoms with Crippen molar-refractivity contribution < 1.29 is 14.0 Å². The number of amides is 2. The average molecular weight is 449 g/mol. The third kappa shape index (κ3) is 4.24. The van der Waals surface area contributed by atoms with Crippen LogP contribution in [0.3, 0.4) is 0 Å². The molecule has 1 atom stereocenters. The molecule has 1 aliphatic heterocycles. The van der Waals surface area contributed by atoms with Gasteiger partial charge in [0.25, 0.3) is 11.8 Å². The van der Waals surface area contributed by atoms with E-state index in [0.717, 1.165) is 41.4 Å². The van der Waals surface area contributed by atoms with Crippen LogP contribution >= 0.6 is 0 Å². The molecule has 0 bridgehead atoms. The number of benzene rings is 1. The van der Waals surface area contributed by atoms with Crippen LogP contribution in [0.2, 0.25) is 0 Å². The maximum absolute atomic E-state index is 13.6. The van der Waals surface area contributed by atoms with E-state index >= 15 is 0 Å². The van der Waals surface area contributed by atoms with Gasteiger partial charge < -0.3 is 14.2 Å². The van der Waals surface area contributed by atoms with Gasteiger partial charge in [-0.05, 0) is 66.0 Å². The lowest BCUT2D eigenvalue weighted by Crippen LogP contribution is -2.39. The molecule has 3 heterocycles. The molecular formula is C26H32N4O3. The summed E-state index contributed by atoms with van der Waals surface area (Å²) >= 11 is 0. The summed E-state index contributed by atoms with van der Waals surface area (Å²) in [6.45, 7) is 11.6. The number of nitrogens with zero attached hydrogens (tertiary/aromatic N) is 4. The fourth-order valence-electron chi connectivity index (χ4n) is 4.65. The van der Waals surface area contributed by atoms with Crippen molar-refractivity contribution in [2.75, 3.05) is 19.6 Å². The van der Waals surface area contributed by atoms with Gasteiger partial charge >= 0.3 is 0 Å². The largest absolute Gasteiger partial charge is 0.451 e. The predicted octanol–water partition coefficient (Wildman–Crippen LogP) is 5.00. The van der Waals surface area contributed by atoms with Gasteiger partial charge in [0, 0.05) is 36.8 Å². The Hall–Kier alpha value is -3.22. The van der Waals surface area contributed by atoms with Crippen molar-refractivity contribution in [3.8, 4) is 0 Å². The molecule has 2 aromatic heterocycles. The smallest absolute Gasteiger partial charge is 0.290 e. The highest BCUT2D eigenvalue weighted by molar-refractivity contribution is 5.99. The van der Waals surface area contributed by atoms with E-state index < -0.39 is 0 Å². The minimum atomic E-state index is -0.239. The summed E-state index contributed by atoms with van der Waals surface area (Å²) in [5.74, 6) is 0.776. The number of carbonyl (C=O) groups excluding carboxylic acids is 2. The second kappa shape index (κ2) is 9.33. The molecule has 7 heteroatoms. The number of furan rings is 1. The van der Waals surface area contributed by atoms with Crippen molar-refractivity contribution in [1.29, 1.82) is 0 Å². The van der Waals surface area contributed by atoms with Gasteiger partial charge in [-0.25, -0.2) is 9.97 Å². The van der Waals surface area contributed by atoms with Crippen molar-refractivity contribution in [1.82, 2.24) is 19.8 Å². The summed E-state index contributed by atoms with van der Waals surface area (Å²) in [4.78, 5) is 39.2. The van der Waals surface area contributed by atoms with Crippen LogP contribution in [0.4, 0.5) is 0 Å². The fraction of sp³-hybridized carbons (Fsp3) is 0.462. The monoisotopic (exact) mass is 448 g/mol. The first-order chi connectivity index (χ1) is 15.8. The highest BCUT2D eigenvalue weighted by Crippen LogP contribution is 2.33. The molecule has 0 aliphatic carbocycles. The zero-order valence-electron chi connectivity index (χ0n) is 20.1. The van der Waals surface area contributed by atoms with Crippen LogP contribution in [0.25, 0.3) is 11.0 Å². The van der Waals surface area contributed by atoms with Crippen molar-refractivity contribution in [3.05, 3.63) is 58.4 Å². The van der Waals surface area contributed by atoms with Crippen LogP contribution in [-0.4, -0.2) is 51.2 Å². The van der Waals surface area contributed by atoms with E-state index in [1.807, 2.05) is 51.7 Å². The van der Waals surface area contributed by atoms with E-state index in [1.165, 1.54) is 0 Å². The van der Waals surface area contributed by atoms with Gasteiger partial charge in [-0.1, -0.05) is 11.6 Å². The second-order valence-corrected chi connectivity index (χ2v) is 8.77. The van der Waals surface area contributed by atoms with Crippen LogP contribution in [-0.2, 0) is 0 Å². The van der Waals surface area contributed by atoms with Gasteiger partial charge in [0.2, 0.25) is 0 Å². The number of aromatic nitrogens is 2. The summed E-state index contributed by atoms with van der Waals surface area (Å²) in [7, 11) is 0. The van der Waals surface area contributed by atoms with Crippen LogP contribution in [0.15, 0.2) is 28.8 Å². The molecule has 0 spiro atoms. The molecular weight excluding hydrogens is 416 g/mol. The van der Waals surface area contributed by atoms with E-state index in [-0.39, 0.29) is 17.9 Å². The summed E-state index contributed by atoms with van der Waals surface area (Å²) in [5.41, 5.74) is 3.87. The van der Waals surface area contributed by atoms with Gasteiger partial charge in [0.05, 0.1) is 17.3 Å². The number of rotatable bonds is 5. The second-order valence-electron chi connectivity index (χ2n) is 8.77. The molecule has 174 valence electrons. The van der Waals surface area contributed by atoms with E-state index in [1.54, 1.807) is 11.1 Å². The zero-order chi connectivity index (χ0) is 23.7. The zero-order valence-corrected chi connectivity index (χ0v) is 20.1. The highest BCUT2D eigenvalue weighted by Gasteiger charge is 2.34. The molecule has 33 heavy (non-hydrogen) atoms. The van der Waals surface area contributed by atoms with Crippen LogP contribution < -0.4 is 0 Å². The lowest BCUT2D eigenvalue weighted by Gasteiger charge is -2.34. The maximum Gasteiger partial charge on any atom is 0.290 e. The molecule has 0 radical (unpaired) electrons. The molecule has 1 aliphatic rings. The Kier molecular flexibility index (Phi) is 6.49. The Morgan fingerprint density at radius 2 is 1.91 bits per heavy atom. The fourth-order valence-corrected chi connectivity index (χ4v) is 4.65. The Morgan fingerprint density at radius 3 is 2.61 bits per heavy atom. The Bertz CT molecular complexity index is 1200. The first-order valence-electron chi connectivity index (χ1n) is 11.8. The van der Waals surface area contributed by atoms with E-state index in [0.29, 0.717) is 42.5 Å². The molecule has 1 aromatic carbocycles. The summed E-state index contributed by atoms with van der Waals surface area (Å²) in [6, 6.07) is 5.72. The Labute approximate surface area is 194 Å². The minimum absolute atomic E-state index is 0.0613. The highest BCUT2D eigenvalue weighted by atomic mass is 16.3. The van der Waals surface area contributed by atoms with Crippen molar-refractivity contribution >= 4 is 22.8 Å². The molecule has 3 aromatic rings. The molecule has 0 N–H and O–H groups in total. The number of aryl methyl sites for hydroxylation is 3. The van der Waals surface area contributed by atoms with Crippen molar-refractivity contribution in [3.63, 3.8) is 0 Å². The number of likely N-dealkylation sites (tertiary alicyclic amines) is 1. The van der Waals surface area contributed by atoms with Gasteiger partial charge in [0.15, 0.2) is 11.6 Å². The lowest BCUT2D eigenvalue weighted by molar-refractivity contribution is 0.0567. The molecule has 2 amide bonds. The topological polar surface area (TPSA) is 79.5 Å². The van der Waals surface area contributed by atoms with Crippen LogP contribution in [0, 0.1) is 20.8 Å². The minimum Gasteiger partial charge on any atom is -0.451 e. The normalized spacial score (nSPS) is 16.3. The summed E-state index contributed by atoms with van der Waals surface area (Å²) in [6.07, 6.45) is 4.32. The van der Waals surface area contributed by atoms with Gasteiger partial charge in [-0.2, -0.15) is 0 Å². The first-order valence-corrected chi connectivity index (χ1v) is 11.8. The number of hydrogen-bond acceptors (Lipinski definition) is 5. The van der Waals surface area contributed by atoms with E-state index in [9.17, 15) is 9.59 Å². The first kappa shape index (κ1) is 23.0. The third-order valence-electron chi connectivity index (χ3n) is 6.63. The van der Waals surface area contributed by atoms with E-state index in [2.05, 4.69) is 16.0 Å². The van der Waals surface area contributed by atoms with Crippen LogP contribution in [0.5, 0.6) is 0 Å². The van der Waals surface area contributed by atoms with Gasteiger partial charge in [0.1, 0.15) is 5.58 Å². The Morgan fingerprint density at radius 1 is 1.15 bits per heavy atom. The number of carbonyl (C=O) groups is 2. The van der Waals surface area contributed by atoms with Crippen LogP contribution in [0.1, 0.15) is 82.7 Å². The van der Waals surface area contributed by atoms with Crippen molar-refractivity contribution in [2.45, 2.75) is 59.9 Å².